The van der Waals surface area contributed by atoms with Crippen LogP contribution in [0.3, 0.4) is 0 Å². The van der Waals surface area contributed by atoms with Crippen LogP contribution in [-0.4, -0.2) is 22.6 Å². The standard InChI is InChI=1S/C5H12OSi/c7-5-3-1-2-4-6-5/h5H,1-4H2,7H3/p+2. The highest BCUT2D eigenvalue weighted by Gasteiger charge is 2.05. The fourth-order valence-corrected chi connectivity index (χ4v) is 1.55. The lowest BCUT2D eigenvalue weighted by molar-refractivity contribution is 0.0675. The Balaban J connectivity index is 0. The number of hydrogen-bond donors (Lipinski definition) is 0. The van der Waals surface area contributed by atoms with Crippen molar-refractivity contribution in [2.24, 2.45) is 0 Å². The average Bonchev–Trinajstić information content (AvgIpc) is 1.69. The summed E-state index contributed by atoms with van der Waals surface area (Å²) in [5.41, 5.74) is 0.675. The fraction of sp³-hybridized carbons (Fsp3) is 1.00. The maximum Gasteiger partial charge on any atom is 1.00 e. The highest BCUT2D eigenvalue weighted by molar-refractivity contribution is 6.10. The van der Waals surface area contributed by atoms with E-state index < -0.39 is 0 Å². The second-order valence-electron chi connectivity index (χ2n) is 2.18. The molecular weight excluding hydrogens is 104 g/mol. The molecule has 0 N–H and O–H groups in total. The SMILES string of the molecule is [H+].[H+].[SiH3]C1CCCCO1. The molecule has 1 rings (SSSR count). The maximum absolute atomic E-state index is 5.34. The molecule has 1 aliphatic rings. The summed E-state index contributed by atoms with van der Waals surface area (Å²) in [6.45, 7) is 1.02. The first-order valence-electron chi connectivity index (χ1n) is 3.01. The Morgan fingerprint density at radius 2 is 2.43 bits per heavy atom. The van der Waals surface area contributed by atoms with Crippen LogP contribution < -0.4 is 0 Å². The van der Waals surface area contributed by atoms with Gasteiger partial charge in [0.2, 0.25) is 0 Å². The molecule has 0 bridgehead atoms. The van der Waals surface area contributed by atoms with Crippen LogP contribution in [0.25, 0.3) is 0 Å². The third-order valence-electron chi connectivity index (χ3n) is 1.41. The van der Waals surface area contributed by atoms with Gasteiger partial charge >= 0.3 is 2.85 Å². The molecule has 0 aliphatic carbocycles. The smallest absolute Gasteiger partial charge is 0.383 e. The summed E-state index contributed by atoms with van der Waals surface area (Å²) in [5.74, 6) is 0. The van der Waals surface area contributed by atoms with Crippen molar-refractivity contribution >= 4 is 10.2 Å². The van der Waals surface area contributed by atoms with Crippen LogP contribution in [0.2, 0.25) is 0 Å². The van der Waals surface area contributed by atoms with Crippen molar-refractivity contribution in [1.29, 1.82) is 0 Å². The monoisotopic (exact) mass is 118 g/mol. The van der Waals surface area contributed by atoms with E-state index in [2.05, 4.69) is 0 Å². The summed E-state index contributed by atoms with van der Waals surface area (Å²) in [6, 6.07) is 0. The Morgan fingerprint density at radius 3 is 2.71 bits per heavy atom. The lowest BCUT2D eigenvalue weighted by Crippen LogP contribution is -2.18. The zero-order valence-electron chi connectivity index (χ0n) is 6.81. The molecule has 1 unspecified atom stereocenters. The third-order valence-corrected chi connectivity index (χ3v) is 2.32. The number of hydrogen-bond acceptors (Lipinski definition) is 1. The zero-order chi connectivity index (χ0) is 5.11. The van der Waals surface area contributed by atoms with Gasteiger partial charge in [-0.25, -0.2) is 0 Å². The molecule has 1 aliphatic heterocycles. The molecule has 0 amide bonds. The van der Waals surface area contributed by atoms with Crippen molar-refractivity contribution in [3.63, 3.8) is 0 Å². The van der Waals surface area contributed by atoms with Crippen LogP contribution in [0.4, 0.5) is 0 Å². The van der Waals surface area contributed by atoms with Crippen molar-refractivity contribution in [2.75, 3.05) is 6.61 Å². The van der Waals surface area contributed by atoms with Crippen molar-refractivity contribution < 1.29 is 7.59 Å². The van der Waals surface area contributed by atoms with E-state index in [1.807, 2.05) is 0 Å². The fourth-order valence-electron chi connectivity index (χ4n) is 0.902. The summed E-state index contributed by atoms with van der Waals surface area (Å²) in [7, 11) is 1.23. The lowest BCUT2D eigenvalue weighted by atomic mass is 10.2. The highest BCUT2D eigenvalue weighted by Crippen LogP contribution is 2.08. The molecule has 1 fully saturated rings. The molecule has 0 aromatic rings. The molecule has 0 aromatic carbocycles. The van der Waals surface area contributed by atoms with Crippen LogP contribution in [0, 0.1) is 0 Å². The summed E-state index contributed by atoms with van der Waals surface area (Å²) >= 11 is 0. The molecule has 2 heteroatoms. The van der Waals surface area contributed by atoms with Crippen molar-refractivity contribution in [3.05, 3.63) is 0 Å². The predicted octanol–water partition coefficient (Wildman–Crippen LogP) is 0.103. The van der Waals surface area contributed by atoms with Gasteiger partial charge in [-0.15, -0.1) is 0 Å². The van der Waals surface area contributed by atoms with Gasteiger partial charge in [0.1, 0.15) is 0 Å². The zero-order valence-corrected chi connectivity index (χ0v) is 6.81. The van der Waals surface area contributed by atoms with Crippen LogP contribution in [-0.2, 0) is 4.74 Å². The topological polar surface area (TPSA) is 9.23 Å². The average molecular weight is 118 g/mol. The van der Waals surface area contributed by atoms with Gasteiger partial charge < -0.3 is 4.74 Å². The number of ether oxygens (including phenoxy) is 1. The Labute approximate surface area is 50.4 Å². The van der Waals surface area contributed by atoms with E-state index in [0.29, 0.717) is 5.73 Å². The molecular formula is C5H14OSi+2. The lowest BCUT2D eigenvalue weighted by Gasteiger charge is -2.17. The van der Waals surface area contributed by atoms with Crippen molar-refractivity contribution in [2.45, 2.75) is 25.0 Å². The first-order chi connectivity index (χ1) is 3.39. The minimum atomic E-state index is 0. The van der Waals surface area contributed by atoms with Gasteiger partial charge in [0, 0.05) is 22.6 Å². The van der Waals surface area contributed by atoms with Gasteiger partial charge in [0.05, 0.1) is 0 Å². The molecule has 1 atom stereocenters. The Kier molecular flexibility index (Phi) is 1.88. The van der Waals surface area contributed by atoms with Gasteiger partial charge in [0.15, 0.2) is 0 Å². The van der Waals surface area contributed by atoms with Crippen LogP contribution in [0.1, 0.15) is 22.1 Å². The normalized spacial score (nSPS) is 33.4. The van der Waals surface area contributed by atoms with E-state index in [-0.39, 0.29) is 2.85 Å². The molecule has 7 heavy (non-hydrogen) atoms. The summed E-state index contributed by atoms with van der Waals surface area (Å²) in [5, 5.41) is 0. The Hall–Kier alpha value is 0.177. The molecule has 1 heterocycles. The number of rotatable bonds is 0. The third kappa shape index (κ3) is 1.61. The summed E-state index contributed by atoms with van der Waals surface area (Å²) < 4.78 is 5.34. The van der Waals surface area contributed by atoms with Gasteiger partial charge in [-0.1, -0.05) is 0 Å². The predicted molar refractivity (Wildman–Crippen MR) is 35.8 cm³/mol. The summed E-state index contributed by atoms with van der Waals surface area (Å²) in [4.78, 5) is 0. The van der Waals surface area contributed by atoms with E-state index in [1.165, 1.54) is 29.5 Å². The van der Waals surface area contributed by atoms with Gasteiger partial charge in [0.25, 0.3) is 0 Å². The van der Waals surface area contributed by atoms with Crippen molar-refractivity contribution in [3.8, 4) is 0 Å². The van der Waals surface area contributed by atoms with E-state index in [9.17, 15) is 0 Å². The molecule has 0 spiro atoms. The Bertz CT molecular complexity index is 56.9. The molecule has 1 nitrogen and oxygen atoms in total. The first-order valence-corrected chi connectivity index (χ1v) is 4.16. The van der Waals surface area contributed by atoms with Gasteiger partial charge in [-0.3, -0.25) is 0 Å². The molecule has 42 valence electrons. The second-order valence-corrected chi connectivity index (χ2v) is 3.47. The summed E-state index contributed by atoms with van der Waals surface area (Å²) in [6.07, 6.45) is 4.01. The first kappa shape index (κ1) is 5.32. The highest BCUT2D eigenvalue weighted by atomic mass is 28.1. The van der Waals surface area contributed by atoms with Gasteiger partial charge in [-0.2, -0.15) is 0 Å². The van der Waals surface area contributed by atoms with Crippen LogP contribution in [0.5, 0.6) is 0 Å². The van der Waals surface area contributed by atoms with Gasteiger partial charge in [-0.05, 0) is 19.3 Å². The molecule has 1 saturated heterocycles. The van der Waals surface area contributed by atoms with E-state index in [0.717, 1.165) is 6.61 Å². The second kappa shape index (κ2) is 2.48. The molecule has 0 saturated carbocycles. The maximum atomic E-state index is 5.34. The van der Waals surface area contributed by atoms with E-state index in [4.69, 9.17) is 4.74 Å². The van der Waals surface area contributed by atoms with Crippen LogP contribution in [0.15, 0.2) is 0 Å². The molecule has 0 radical (unpaired) electrons. The largest absolute Gasteiger partial charge is 1.00 e. The molecule has 0 aromatic heterocycles. The quantitative estimate of drug-likeness (QED) is 0.410. The Morgan fingerprint density at radius 1 is 1.57 bits per heavy atom. The minimum absolute atomic E-state index is 0. The van der Waals surface area contributed by atoms with Crippen molar-refractivity contribution in [1.82, 2.24) is 0 Å². The van der Waals surface area contributed by atoms with Crippen LogP contribution >= 0.6 is 0 Å². The minimum Gasteiger partial charge on any atom is -0.383 e. The van der Waals surface area contributed by atoms with E-state index >= 15 is 0 Å². The van der Waals surface area contributed by atoms with E-state index in [1.54, 1.807) is 0 Å².